The van der Waals surface area contributed by atoms with E-state index in [1.165, 1.54) is 10.4 Å². The molecule has 0 aromatic carbocycles. The largest absolute Gasteiger partial charge is 0.312 e. The van der Waals surface area contributed by atoms with Gasteiger partial charge in [0.25, 0.3) is 0 Å². The molecule has 0 amide bonds. The van der Waals surface area contributed by atoms with Gasteiger partial charge in [0.15, 0.2) is 0 Å². The Bertz CT molecular complexity index is 296. The molecule has 0 radical (unpaired) electrons. The van der Waals surface area contributed by atoms with Crippen molar-refractivity contribution in [3.05, 3.63) is 21.9 Å². The van der Waals surface area contributed by atoms with Crippen LogP contribution in [0.15, 0.2) is 11.4 Å². The van der Waals surface area contributed by atoms with Gasteiger partial charge in [0.2, 0.25) is 0 Å². The Balaban J connectivity index is 2.10. The molecule has 1 atom stereocenters. The molecular formula is C10H17NOS2. The number of hydrogen-bond acceptors (Lipinski definition) is 3. The van der Waals surface area contributed by atoms with Crippen LogP contribution in [0.4, 0.5) is 0 Å². The molecule has 0 bridgehead atoms. The summed E-state index contributed by atoms with van der Waals surface area (Å²) >= 11 is 1.79. The fraction of sp³-hybridized carbons (Fsp3) is 0.600. The van der Waals surface area contributed by atoms with Crippen LogP contribution >= 0.6 is 11.3 Å². The van der Waals surface area contributed by atoms with E-state index in [-0.39, 0.29) is 0 Å². The molecule has 1 aromatic heterocycles. The summed E-state index contributed by atoms with van der Waals surface area (Å²) in [4.78, 5) is 1.41. The van der Waals surface area contributed by atoms with E-state index in [1.54, 1.807) is 17.6 Å². The first-order valence-electron chi connectivity index (χ1n) is 4.74. The molecule has 0 saturated carbocycles. The molecule has 1 heterocycles. The van der Waals surface area contributed by atoms with Crippen LogP contribution in [0.5, 0.6) is 0 Å². The van der Waals surface area contributed by atoms with Crippen molar-refractivity contribution in [2.45, 2.75) is 19.9 Å². The maximum atomic E-state index is 10.8. The Morgan fingerprint density at radius 2 is 2.36 bits per heavy atom. The fourth-order valence-corrected chi connectivity index (χ4v) is 2.61. The van der Waals surface area contributed by atoms with Crippen LogP contribution in [-0.4, -0.2) is 22.8 Å². The first kappa shape index (κ1) is 11.9. The Labute approximate surface area is 92.2 Å². The van der Waals surface area contributed by atoms with E-state index in [0.717, 1.165) is 25.3 Å². The third kappa shape index (κ3) is 4.35. The Morgan fingerprint density at radius 3 is 2.93 bits per heavy atom. The van der Waals surface area contributed by atoms with Gasteiger partial charge in [0.1, 0.15) is 0 Å². The zero-order chi connectivity index (χ0) is 10.4. The summed E-state index contributed by atoms with van der Waals surface area (Å²) in [7, 11) is -0.648. The standard InChI is InChI=1S/C10H17NOS2/c1-9-4-6-13-10(9)8-11-5-3-7-14(2)12/h4,6,11H,3,5,7-8H2,1-2H3. The van der Waals surface area contributed by atoms with Crippen molar-refractivity contribution in [1.82, 2.24) is 5.32 Å². The topological polar surface area (TPSA) is 29.1 Å². The molecule has 1 aromatic rings. The first-order chi connectivity index (χ1) is 6.70. The van der Waals surface area contributed by atoms with Gasteiger partial charge in [-0.15, -0.1) is 11.3 Å². The Morgan fingerprint density at radius 1 is 1.57 bits per heavy atom. The molecule has 0 saturated heterocycles. The maximum absolute atomic E-state index is 10.8. The molecule has 0 aliphatic heterocycles. The van der Waals surface area contributed by atoms with Gasteiger partial charge < -0.3 is 5.32 Å². The van der Waals surface area contributed by atoms with E-state index in [9.17, 15) is 4.21 Å². The fourth-order valence-electron chi connectivity index (χ4n) is 1.19. The molecule has 1 N–H and O–H groups in total. The monoisotopic (exact) mass is 231 g/mol. The average Bonchev–Trinajstić information content (AvgIpc) is 2.51. The van der Waals surface area contributed by atoms with E-state index in [0.29, 0.717) is 0 Å². The normalized spacial score (nSPS) is 13.0. The van der Waals surface area contributed by atoms with Gasteiger partial charge in [-0.1, -0.05) is 0 Å². The Hall–Kier alpha value is -0.190. The average molecular weight is 231 g/mol. The molecule has 14 heavy (non-hydrogen) atoms. The first-order valence-corrected chi connectivity index (χ1v) is 7.34. The molecule has 0 aliphatic rings. The van der Waals surface area contributed by atoms with Crippen LogP contribution in [0.2, 0.25) is 0 Å². The molecule has 0 spiro atoms. The van der Waals surface area contributed by atoms with Gasteiger partial charge in [-0.05, 0) is 36.9 Å². The second-order valence-corrected chi connectivity index (χ2v) is 5.89. The summed E-state index contributed by atoms with van der Waals surface area (Å²) in [6.07, 6.45) is 2.75. The number of thiophene rings is 1. The van der Waals surface area contributed by atoms with Crippen molar-refractivity contribution in [3.63, 3.8) is 0 Å². The second kappa shape index (κ2) is 6.32. The minimum Gasteiger partial charge on any atom is -0.312 e. The lowest BCUT2D eigenvalue weighted by atomic mass is 10.3. The van der Waals surface area contributed by atoms with Crippen LogP contribution in [0, 0.1) is 6.92 Å². The van der Waals surface area contributed by atoms with E-state index < -0.39 is 10.8 Å². The summed E-state index contributed by atoms with van der Waals surface area (Å²) in [6, 6.07) is 2.14. The van der Waals surface area contributed by atoms with Crippen molar-refractivity contribution in [2.24, 2.45) is 0 Å². The van der Waals surface area contributed by atoms with Crippen molar-refractivity contribution in [3.8, 4) is 0 Å². The number of aryl methyl sites for hydroxylation is 1. The van der Waals surface area contributed by atoms with Gasteiger partial charge in [0.05, 0.1) is 0 Å². The molecule has 80 valence electrons. The van der Waals surface area contributed by atoms with Crippen molar-refractivity contribution in [1.29, 1.82) is 0 Å². The maximum Gasteiger partial charge on any atom is 0.0302 e. The Kier molecular flexibility index (Phi) is 5.37. The highest BCUT2D eigenvalue weighted by molar-refractivity contribution is 7.84. The zero-order valence-corrected chi connectivity index (χ0v) is 10.3. The smallest absolute Gasteiger partial charge is 0.0302 e. The second-order valence-electron chi connectivity index (χ2n) is 3.33. The van der Waals surface area contributed by atoms with Crippen LogP contribution in [-0.2, 0) is 17.3 Å². The lowest BCUT2D eigenvalue weighted by Gasteiger charge is -2.02. The van der Waals surface area contributed by atoms with E-state index in [4.69, 9.17) is 0 Å². The van der Waals surface area contributed by atoms with Crippen molar-refractivity contribution in [2.75, 3.05) is 18.6 Å². The van der Waals surface area contributed by atoms with Crippen molar-refractivity contribution < 1.29 is 4.21 Å². The lowest BCUT2D eigenvalue weighted by molar-refractivity contribution is 0.664. The van der Waals surface area contributed by atoms with Gasteiger partial charge in [-0.25, -0.2) is 0 Å². The van der Waals surface area contributed by atoms with Gasteiger partial charge in [-0.3, -0.25) is 4.21 Å². The van der Waals surface area contributed by atoms with E-state index in [1.807, 2.05) is 0 Å². The van der Waals surface area contributed by atoms with Crippen LogP contribution in [0.3, 0.4) is 0 Å². The summed E-state index contributed by atoms with van der Waals surface area (Å²) in [5.74, 6) is 0.802. The molecule has 4 heteroatoms. The van der Waals surface area contributed by atoms with Gasteiger partial charge in [0, 0.05) is 34.2 Å². The minimum atomic E-state index is -0.648. The summed E-state index contributed by atoms with van der Waals surface area (Å²) in [5, 5.41) is 5.48. The SMILES string of the molecule is Cc1ccsc1CNCCCS(C)=O. The predicted octanol–water partition coefficient (Wildman–Crippen LogP) is 1.91. The highest BCUT2D eigenvalue weighted by atomic mass is 32.2. The predicted molar refractivity (Wildman–Crippen MR) is 64.3 cm³/mol. The van der Waals surface area contributed by atoms with Crippen molar-refractivity contribution >= 4 is 22.1 Å². The highest BCUT2D eigenvalue weighted by Crippen LogP contribution is 2.14. The molecule has 0 aliphatic carbocycles. The molecule has 0 fully saturated rings. The minimum absolute atomic E-state index is 0.648. The van der Waals surface area contributed by atoms with Crippen LogP contribution < -0.4 is 5.32 Å². The number of nitrogens with one attached hydrogen (secondary N) is 1. The summed E-state index contributed by atoms with van der Waals surface area (Å²) in [6.45, 7) is 4.03. The lowest BCUT2D eigenvalue weighted by Crippen LogP contribution is -2.16. The number of hydrogen-bond donors (Lipinski definition) is 1. The third-order valence-electron chi connectivity index (χ3n) is 2.04. The zero-order valence-electron chi connectivity index (χ0n) is 8.71. The van der Waals surface area contributed by atoms with E-state index in [2.05, 4.69) is 23.7 Å². The van der Waals surface area contributed by atoms with Crippen LogP contribution in [0.25, 0.3) is 0 Å². The molecule has 1 unspecified atom stereocenters. The molecule has 2 nitrogen and oxygen atoms in total. The van der Waals surface area contributed by atoms with Gasteiger partial charge in [-0.2, -0.15) is 0 Å². The highest BCUT2D eigenvalue weighted by Gasteiger charge is 1.98. The molecular weight excluding hydrogens is 214 g/mol. The number of rotatable bonds is 6. The third-order valence-corrected chi connectivity index (χ3v) is 3.93. The summed E-state index contributed by atoms with van der Waals surface area (Å²) in [5.41, 5.74) is 1.36. The van der Waals surface area contributed by atoms with Crippen LogP contribution in [0.1, 0.15) is 16.9 Å². The molecule has 1 rings (SSSR count). The van der Waals surface area contributed by atoms with E-state index >= 15 is 0 Å². The van der Waals surface area contributed by atoms with Gasteiger partial charge >= 0.3 is 0 Å². The quantitative estimate of drug-likeness (QED) is 0.758. The summed E-state index contributed by atoms with van der Waals surface area (Å²) < 4.78 is 10.8.